The Morgan fingerprint density at radius 1 is 0.966 bits per heavy atom. The molecule has 0 saturated carbocycles. The summed E-state index contributed by atoms with van der Waals surface area (Å²) >= 11 is 0. The van der Waals surface area contributed by atoms with Gasteiger partial charge in [-0.3, -0.25) is 0 Å². The number of benzene rings is 2. The fourth-order valence-electron chi connectivity index (χ4n) is 2.98. The first kappa shape index (κ1) is 18.4. The first-order valence-corrected chi connectivity index (χ1v) is 8.94. The maximum absolute atomic E-state index is 12.8. The topological polar surface area (TPSA) is 78.6 Å². The maximum atomic E-state index is 12.8. The number of hydrogen-bond donors (Lipinski definition) is 0. The molecule has 4 aromatic rings. The van der Waals surface area contributed by atoms with Gasteiger partial charge in [0.05, 0.1) is 30.0 Å². The Morgan fingerprint density at radius 3 is 2.48 bits per heavy atom. The van der Waals surface area contributed by atoms with Crippen LogP contribution in [0.3, 0.4) is 0 Å². The van der Waals surface area contributed by atoms with Crippen molar-refractivity contribution in [1.29, 1.82) is 0 Å². The second-order valence-electron chi connectivity index (χ2n) is 6.31. The normalized spacial score (nSPS) is 10.7. The minimum atomic E-state index is -0.464. The van der Waals surface area contributed by atoms with Gasteiger partial charge in [-0.2, -0.15) is 0 Å². The smallest absolute Gasteiger partial charge is 0.339 e. The number of carbonyl (C=O) groups is 2. The molecule has 0 saturated heterocycles. The standard InChI is InChI=1S/C23H17NO5/c1-27-22(25)16-10-8-15(9-11-16)14-29-23(26)18-13-20(21-7-4-12-28-21)24-19-6-3-2-5-17(18)19/h2-13H,14H2,1H3. The van der Waals surface area contributed by atoms with Gasteiger partial charge in [0.25, 0.3) is 0 Å². The minimum Gasteiger partial charge on any atom is -0.465 e. The number of aromatic nitrogens is 1. The molecular formula is C23H17NO5. The molecule has 4 rings (SSSR count). The first-order valence-electron chi connectivity index (χ1n) is 8.94. The lowest BCUT2D eigenvalue weighted by molar-refractivity contribution is 0.0473. The van der Waals surface area contributed by atoms with Crippen molar-refractivity contribution in [3.63, 3.8) is 0 Å². The predicted octanol–water partition coefficient (Wildman–Crippen LogP) is 4.64. The summed E-state index contributed by atoms with van der Waals surface area (Å²) in [5.41, 5.74) is 2.84. The van der Waals surface area contributed by atoms with Gasteiger partial charge < -0.3 is 13.9 Å². The number of nitrogens with zero attached hydrogens (tertiary/aromatic N) is 1. The molecule has 0 N–H and O–H groups in total. The van der Waals surface area contributed by atoms with Crippen molar-refractivity contribution in [2.24, 2.45) is 0 Å². The van der Waals surface area contributed by atoms with Gasteiger partial charge in [0.2, 0.25) is 0 Å². The Hall–Kier alpha value is -3.93. The molecular weight excluding hydrogens is 370 g/mol. The largest absolute Gasteiger partial charge is 0.465 e. The Morgan fingerprint density at radius 2 is 1.76 bits per heavy atom. The molecule has 0 aliphatic carbocycles. The molecule has 0 unspecified atom stereocenters. The van der Waals surface area contributed by atoms with E-state index >= 15 is 0 Å². The zero-order valence-corrected chi connectivity index (χ0v) is 15.6. The summed E-state index contributed by atoms with van der Waals surface area (Å²) in [6, 6.07) is 19.3. The number of para-hydroxylation sites is 1. The lowest BCUT2D eigenvalue weighted by Gasteiger charge is -2.09. The predicted molar refractivity (Wildman–Crippen MR) is 106 cm³/mol. The van der Waals surface area contributed by atoms with Gasteiger partial charge in [-0.15, -0.1) is 0 Å². The average Bonchev–Trinajstić information content (AvgIpc) is 3.31. The summed E-state index contributed by atoms with van der Waals surface area (Å²) in [5, 5.41) is 0.703. The van der Waals surface area contributed by atoms with E-state index in [1.165, 1.54) is 7.11 Å². The van der Waals surface area contributed by atoms with E-state index in [0.29, 0.717) is 33.5 Å². The average molecular weight is 387 g/mol. The van der Waals surface area contributed by atoms with Crippen molar-refractivity contribution < 1.29 is 23.5 Å². The van der Waals surface area contributed by atoms with Gasteiger partial charge in [-0.1, -0.05) is 30.3 Å². The van der Waals surface area contributed by atoms with E-state index in [4.69, 9.17) is 9.15 Å². The van der Waals surface area contributed by atoms with Crippen LogP contribution >= 0.6 is 0 Å². The van der Waals surface area contributed by atoms with Gasteiger partial charge in [-0.25, -0.2) is 14.6 Å². The van der Waals surface area contributed by atoms with Gasteiger partial charge >= 0.3 is 11.9 Å². The number of fused-ring (bicyclic) bond motifs is 1. The molecule has 6 nitrogen and oxygen atoms in total. The third-order valence-electron chi connectivity index (χ3n) is 4.45. The van der Waals surface area contributed by atoms with E-state index in [1.807, 2.05) is 24.3 Å². The Bertz CT molecular complexity index is 1160. The lowest BCUT2D eigenvalue weighted by Crippen LogP contribution is -2.07. The summed E-state index contributed by atoms with van der Waals surface area (Å²) in [4.78, 5) is 28.9. The van der Waals surface area contributed by atoms with Crippen LogP contribution in [0, 0.1) is 0 Å². The molecule has 2 aromatic heterocycles. The van der Waals surface area contributed by atoms with Crippen molar-refractivity contribution in [3.05, 3.63) is 89.7 Å². The number of hydrogen-bond acceptors (Lipinski definition) is 6. The highest BCUT2D eigenvalue weighted by Gasteiger charge is 2.16. The third-order valence-corrected chi connectivity index (χ3v) is 4.45. The Kier molecular flexibility index (Phi) is 5.07. The molecule has 0 spiro atoms. The molecule has 0 atom stereocenters. The van der Waals surface area contributed by atoms with Crippen molar-refractivity contribution >= 4 is 22.8 Å². The van der Waals surface area contributed by atoms with Crippen LogP contribution in [0.15, 0.2) is 77.4 Å². The SMILES string of the molecule is COC(=O)c1ccc(COC(=O)c2cc(-c3ccco3)nc3ccccc23)cc1. The number of esters is 2. The molecule has 0 aliphatic heterocycles. The fourth-order valence-corrected chi connectivity index (χ4v) is 2.98. The number of carbonyl (C=O) groups excluding carboxylic acids is 2. The molecule has 29 heavy (non-hydrogen) atoms. The molecule has 2 aromatic carbocycles. The van der Waals surface area contributed by atoms with E-state index in [1.54, 1.807) is 48.7 Å². The zero-order chi connectivity index (χ0) is 20.2. The van der Waals surface area contributed by atoms with Crippen LogP contribution in [0.2, 0.25) is 0 Å². The molecule has 0 amide bonds. The summed E-state index contributed by atoms with van der Waals surface area (Å²) in [6.45, 7) is 0.0764. The van der Waals surface area contributed by atoms with Crippen LogP contribution in [0.1, 0.15) is 26.3 Å². The van der Waals surface area contributed by atoms with E-state index in [-0.39, 0.29) is 6.61 Å². The van der Waals surface area contributed by atoms with E-state index in [0.717, 1.165) is 5.56 Å². The van der Waals surface area contributed by atoms with Crippen LogP contribution in [0.5, 0.6) is 0 Å². The summed E-state index contributed by atoms with van der Waals surface area (Å²) < 4.78 is 15.6. The number of rotatable bonds is 5. The zero-order valence-electron chi connectivity index (χ0n) is 15.6. The van der Waals surface area contributed by atoms with Crippen LogP contribution in [0.25, 0.3) is 22.4 Å². The molecule has 2 heterocycles. The highest BCUT2D eigenvalue weighted by Crippen LogP contribution is 2.26. The minimum absolute atomic E-state index is 0.0764. The molecule has 0 bridgehead atoms. The first-order chi connectivity index (χ1) is 14.2. The molecule has 144 valence electrons. The van der Waals surface area contributed by atoms with Crippen LogP contribution < -0.4 is 0 Å². The van der Waals surface area contributed by atoms with Crippen molar-refractivity contribution in [1.82, 2.24) is 4.98 Å². The highest BCUT2D eigenvalue weighted by molar-refractivity contribution is 6.04. The third kappa shape index (κ3) is 3.87. The van der Waals surface area contributed by atoms with E-state index in [2.05, 4.69) is 9.72 Å². The monoisotopic (exact) mass is 387 g/mol. The summed E-state index contributed by atoms with van der Waals surface area (Å²) in [6.07, 6.45) is 1.56. The van der Waals surface area contributed by atoms with Gasteiger partial charge in [0.15, 0.2) is 5.76 Å². The van der Waals surface area contributed by atoms with Gasteiger partial charge in [0.1, 0.15) is 12.3 Å². The Labute approximate surface area is 166 Å². The van der Waals surface area contributed by atoms with Crippen LogP contribution in [0.4, 0.5) is 0 Å². The molecule has 0 fully saturated rings. The van der Waals surface area contributed by atoms with Crippen molar-refractivity contribution in [2.75, 3.05) is 7.11 Å². The van der Waals surface area contributed by atoms with E-state index in [9.17, 15) is 9.59 Å². The number of furan rings is 1. The summed E-state index contributed by atoms with van der Waals surface area (Å²) in [7, 11) is 1.33. The summed E-state index contributed by atoms with van der Waals surface area (Å²) in [5.74, 6) is -0.307. The van der Waals surface area contributed by atoms with Gasteiger partial charge in [0, 0.05) is 5.39 Å². The second-order valence-corrected chi connectivity index (χ2v) is 6.31. The van der Waals surface area contributed by atoms with Crippen molar-refractivity contribution in [3.8, 4) is 11.5 Å². The van der Waals surface area contributed by atoms with Crippen LogP contribution in [-0.4, -0.2) is 24.0 Å². The fraction of sp³-hybridized carbons (Fsp3) is 0.0870. The van der Waals surface area contributed by atoms with E-state index < -0.39 is 11.9 Å². The molecule has 0 aliphatic rings. The second kappa shape index (κ2) is 7.98. The Balaban J connectivity index is 1.59. The molecule has 6 heteroatoms. The van der Waals surface area contributed by atoms with Crippen LogP contribution in [-0.2, 0) is 16.1 Å². The number of pyridine rings is 1. The lowest BCUT2D eigenvalue weighted by atomic mass is 10.1. The number of ether oxygens (including phenoxy) is 2. The molecule has 0 radical (unpaired) electrons. The van der Waals surface area contributed by atoms with Crippen molar-refractivity contribution in [2.45, 2.75) is 6.61 Å². The highest BCUT2D eigenvalue weighted by atomic mass is 16.5. The maximum Gasteiger partial charge on any atom is 0.339 e. The quantitative estimate of drug-likeness (QED) is 0.464. The number of methoxy groups -OCH3 is 1. The van der Waals surface area contributed by atoms with Gasteiger partial charge in [-0.05, 0) is 42.0 Å².